The highest BCUT2D eigenvalue weighted by Gasteiger charge is 2.22. The maximum absolute atomic E-state index is 4.74. The maximum atomic E-state index is 4.74. The van der Waals surface area contributed by atoms with Crippen LogP contribution in [-0.2, 0) is 12.8 Å². The van der Waals surface area contributed by atoms with Crippen LogP contribution in [0.3, 0.4) is 0 Å². The zero-order valence-corrected chi connectivity index (χ0v) is 11.3. The van der Waals surface area contributed by atoms with Crippen molar-refractivity contribution in [3.05, 3.63) is 23.4 Å². The van der Waals surface area contributed by atoms with Crippen molar-refractivity contribution in [2.45, 2.75) is 45.1 Å². The summed E-state index contributed by atoms with van der Waals surface area (Å²) < 4.78 is 0. The highest BCUT2D eigenvalue weighted by molar-refractivity contribution is 5.40. The third kappa shape index (κ3) is 2.37. The van der Waals surface area contributed by atoms with Crippen molar-refractivity contribution in [3.8, 4) is 0 Å². The monoisotopic (exact) mass is 245 g/mol. The zero-order chi connectivity index (χ0) is 12.4. The lowest BCUT2D eigenvalue weighted by molar-refractivity contribution is 0.277. The number of likely N-dealkylation sites (N-methyl/N-ethyl adjacent to an activating group) is 1. The smallest absolute Gasteiger partial charge is 0.126 e. The van der Waals surface area contributed by atoms with Gasteiger partial charge in [-0.3, -0.25) is 4.90 Å². The van der Waals surface area contributed by atoms with Crippen LogP contribution in [0.5, 0.6) is 0 Å². The van der Waals surface area contributed by atoms with Crippen LogP contribution in [0.25, 0.3) is 0 Å². The molecule has 1 atom stereocenters. The molecule has 1 N–H and O–H groups in total. The number of hydrogen-bond acceptors (Lipinski definition) is 3. The number of rotatable bonds is 4. The van der Waals surface area contributed by atoms with E-state index in [9.17, 15) is 0 Å². The summed E-state index contributed by atoms with van der Waals surface area (Å²) in [6, 6.07) is 5.10. The fraction of sp³-hybridized carbons (Fsp3) is 0.667. The Hall–Kier alpha value is -1.09. The molecule has 0 bridgehead atoms. The quantitative estimate of drug-likeness (QED) is 0.883. The van der Waals surface area contributed by atoms with E-state index >= 15 is 0 Å². The lowest BCUT2D eigenvalue weighted by atomic mass is 10.2. The number of likely N-dealkylation sites (tertiary alicyclic amines) is 1. The van der Waals surface area contributed by atoms with Crippen LogP contribution < -0.4 is 5.32 Å². The summed E-state index contributed by atoms with van der Waals surface area (Å²) >= 11 is 0. The maximum Gasteiger partial charge on any atom is 0.126 e. The highest BCUT2D eigenvalue weighted by Crippen LogP contribution is 2.22. The number of aryl methyl sites for hydroxylation is 2. The molecule has 18 heavy (non-hydrogen) atoms. The molecule has 0 radical (unpaired) electrons. The third-order valence-corrected chi connectivity index (χ3v) is 4.35. The summed E-state index contributed by atoms with van der Waals surface area (Å²) in [5.41, 5.74) is 2.77. The third-order valence-electron chi connectivity index (χ3n) is 4.35. The van der Waals surface area contributed by atoms with E-state index in [1.165, 1.54) is 50.0 Å². The van der Waals surface area contributed by atoms with Crippen molar-refractivity contribution in [3.63, 3.8) is 0 Å². The second-order valence-corrected chi connectivity index (χ2v) is 5.46. The molecule has 0 saturated carbocycles. The minimum Gasteiger partial charge on any atom is -0.368 e. The Balaban J connectivity index is 1.60. The molecule has 1 aromatic heterocycles. The van der Waals surface area contributed by atoms with Crippen molar-refractivity contribution >= 4 is 5.82 Å². The minimum atomic E-state index is 0.699. The van der Waals surface area contributed by atoms with Gasteiger partial charge in [0.25, 0.3) is 0 Å². The number of nitrogens with one attached hydrogen (secondary N) is 1. The number of fused-ring (bicyclic) bond motifs is 1. The first-order valence-corrected chi connectivity index (χ1v) is 7.33. The molecule has 0 amide bonds. The van der Waals surface area contributed by atoms with Gasteiger partial charge in [0.2, 0.25) is 0 Å². The van der Waals surface area contributed by atoms with Gasteiger partial charge in [-0.2, -0.15) is 0 Å². The van der Waals surface area contributed by atoms with E-state index < -0.39 is 0 Å². The molecule has 98 valence electrons. The van der Waals surface area contributed by atoms with Crippen LogP contribution in [0, 0.1) is 0 Å². The van der Waals surface area contributed by atoms with Crippen LogP contribution in [0.2, 0.25) is 0 Å². The van der Waals surface area contributed by atoms with Crippen molar-refractivity contribution in [2.24, 2.45) is 0 Å². The Morgan fingerprint density at radius 1 is 1.33 bits per heavy atom. The van der Waals surface area contributed by atoms with Gasteiger partial charge in [0.1, 0.15) is 5.82 Å². The predicted octanol–water partition coefficient (Wildman–Crippen LogP) is 2.47. The SMILES string of the molecule is CCN1CCCC1CNc1ccc2c(n1)CCC2. The molecule has 0 aromatic carbocycles. The molecule has 1 aromatic rings. The molecule has 3 nitrogen and oxygen atoms in total. The molecule has 0 spiro atoms. The van der Waals surface area contributed by atoms with Crippen molar-refractivity contribution in [1.29, 1.82) is 0 Å². The van der Waals surface area contributed by atoms with Crippen LogP contribution in [-0.4, -0.2) is 35.6 Å². The van der Waals surface area contributed by atoms with E-state index in [0.717, 1.165) is 18.8 Å². The van der Waals surface area contributed by atoms with E-state index in [2.05, 4.69) is 29.3 Å². The lowest BCUT2D eigenvalue weighted by Gasteiger charge is -2.23. The summed E-state index contributed by atoms with van der Waals surface area (Å²) in [6.45, 7) is 5.73. The van der Waals surface area contributed by atoms with Gasteiger partial charge in [-0.25, -0.2) is 4.98 Å². The van der Waals surface area contributed by atoms with Crippen molar-refractivity contribution < 1.29 is 0 Å². The molecule has 1 aliphatic heterocycles. The standard InChI is InChI=1S/C15H23N3/c1-2-18-10-4-6-13(18)11-16-15-9-8-12-5-3-7-14(12)17-15/h8-9,13H,2-7,10-11H2,1H3,(H,16,17). The van der Waals surface area contributed by atoms with Crippen molar-refractivity contribution in [2.75, 3.05) is 25.0 Å². The van der Waals surface area contributed by atoms with Gasteiger partial charge in [0, 0.05) is 18.3 Å². The summed E-state index contributed by atoms with van der Waals surface area (Å²) in [7, 11) is 0. The second-order valence-electron chi connectivity index (χ2n) is 5.46. The summed E-state index contributed by atoms with van der Waals surface area (Å²) in [5.74, 6) is 1.07. The van der Waals surface area contributed by atoms with Crippen molar-refractivity contribution in [1.82, 2.24) is 9.88 Å². The first-order valence-electron chi connectivity index (χ1n) is 7.33. The van der Waals surface area contributed by atoms with E-state index in [1.807, 2.05) is 0 Å². The van der Waals surface area contributed by atoms with Crippen LogP contribution in [0.4, 0.5) is 5.82 Å². The number of hydrogen-bond donors (Lipinski definition) is 1. The first kappa shape index (κ1) is 12.0. The Bertz CT molecular complexity index is 416. The number of pyridine rings is 1. The predicted molar refractivity (Wildman–Crippen MR) is 75.0 cm³/mol. The Kier molecular flexibility index (Phi) is 3.50. The normalized spacial score (nSPS) is 23.3. The number of anilines is 1. The molecular weight excluding hydrogens is 222 g/mol. The summed E-state index contributed by atoms with van der Waals surface area (Å²) in [5, 5.41) is 3.53. The minimum absolute atomic E-state index is 0.699. The fourth-order valence-electron chi connectivity index (χ4n) is 3.28. The number of aromatic nitrogens is 1. The molecular formula is C15H23N3. The topological polar surface area (TPSA) is 28.2 Å². The first-order chi connectivity index (χ1) is 8.86. The Morgan fingerprint density at radius 2 is 2.28 bits per heavy atom. The van der Waals surface area contributed by atoms with Gasteiger partial charge >= 0.3 is 0 Å². The molecule has 2 heterocycles. The average Bonchev–Trinajstić information content (AvgIpc) is 3.04. The Labute approximate surface area is 110 Å². The summed E-state index contributed by atoms with van der Waals surface area (Å²) in [6.07, 6.45) is 6.33. The van der Waals surface area contributed by atoms with Gasteiger partial charge in [-0.1, -0.05) is 13.0 Å². The molecule has 2 aliphatic rings. The van der Waals surface area contributed by atoms with Gasteiger partial charge < -0.3 is 5.32 Å². The molecule has 1 aliphatic carbocycles. The lowest BCUT2D eigenvalue weighted by Crippen LogP contribution is -2.34. The fourth-order valence-corrected chi connectivity index (χ4v) is 3.28. The molecule has 3 rings (SSSR count). The molecule has 1 fully saturated rings. The largest absolute Gasteiger partial charge is 0.368 e. The summed E-state index contributed by atoms with van der Waals surface area (Å²) in [4.78, 5) is 7.31. The Morgan fingerprint density at radius 3 is 3.17 bits per heavy atom. The van der Waals surface area contributed by atoms with Gasteiger partial charge in [-0.15, -0.1) is 0 Å². The van der Waals surface area contributed by atoms with E-state index in [4.69, 9.17) is 4.98 Å². The zero-order valence-electron chi connectivity index (χ0n) is 11.3. The average molecular weight is 245 g/mol. The van der Waals surface area contributed by atoms with Gasteiger partial charge in [0.05, 0.1) is 0 Å². The second kappa shape index (κ2) is 5.27. The van der Waals surface area contributed by atoms with Crippen LogP contribution in [0.15, 0.2) is 12.1 Å². The molecule has 1 saturated heterocycles. The van der Waals surface area contributed by atoms with Gasteiger partial charge in [-0.05, 0) is 56.8 Å². The van der Waals surface area contributed by atoms with E-state index in [1.54, 1.807) is 0 Å². The highest BCUT2D eigenvalue weighted by atomic mass is 15.2. The van der Waals surface area contributed by atoms with E-state index in [-0.39, 0.29) is 0 Å². The molecule has 1 unspecified atom stereocenters. The van der Waals surface area contributed by atoms with Gasteiger partial charge in [0.15, 0.2) is 0 Å². The molecule has 3 heteroatoms. The van der Waals surface area contributed by atoms with E-state index in [0.29, 0.717) is 6.04 Å². The van der Waals surface area contributed by atoms with Crippen LogP contribution >= 0.6 is 0 Å². The number of nitrogens with zero attached hydrogens (tertiary/aromatic N) is 2. The van der Waals surface area contributed by atoms with Crippen LogP contribution in [0.1, 0.15) is 37.4 Å².